The van der Waals surface area contributed by atoms with Gasteiger partial charge in [-0.15, -0.1) is 0 Å². The molecule has 182 valence electrons. The van der Waals surface area contributed by atoms with Crippen molar-refractivity contribution in [3.8, 4) is 33.6 Å². The summed E-state index contributed by atoms with van der Waals surface area (Å²) in [7, 11) is -1.73. The fourth-order valence-corrected chi connectivity index (χ4v) is 5.54. The summed E-state index contributed by atoms with van der Waals surface area (Å²) in [6, 6.07) is 9.44. The number of fused-ring (bicyclic) bond motifs is 1. The van der Waals surface area contributed by atoms with Crippen LogP contribution in [-0.4, -0.2) is 37.8 Å². The number of nitrogens with one attached hydrogen (secondary N) is 1. The topological polar surface area (TPSA) is 94.2 Å². The number of halogens is 2. The van der Waals surface area contributed by atoms with Crippen LogP contribution >= 0.6 is 0 Å². The van der Waals surface area contributed by atoms with Crippen LogP contribution in [0.25, 0.3) is 39.3 Å². The van der Waals surface area contributed by atoms with Crippen LogP contribution in [0.4, 0.5) is 14.5 Å². The minimum Gasteiger partial charge on any atom is -0.300 e. The Bertz CT molecular complexity index is 1740. The van der Waals surface area contributed by atoms with Crippen LogP contribution in [0.2, 0.25) is 0 Å². The molecule has 1 aliphatic carbocycles. The molecule has 0 saturated heterocycles. The number of pyridine rings is 2. The Hall–Kier alpha value is -4.12. The predicted octanol–water partition coefficient (Wildman–Crippen LogP) is 4.65. The molecular formula is C25H20F2N6O2S. The minimum atomic E-state index is -3.57. The Morgan fingerprint density at radius 2 is 1.75 bits per heavy atom. The van der Waals surface area contributed by atoms with Gasteiger partial charge < -0.3 is 0 Å². The van der Waals surface area contributed by atoms with Crippen molar-refractivity contribution in [3.63, 3.8) is 0 Å². The first kappa shape index (κ1) is 22.4. The SMILES string of the molecule is Cn1cc(-c2ccn3c(-c4cc(NS(=O)(=O)C5CC5)cc(-c5ncc(F)cc5F)c4)cnc3c2)cn1. The van der Waals surface area contributed by atoms with Gasteiger partial charge in [-0.2, -0.15) is 5.10 Å². The molecule has 1 N–H and O–H groups in total. The van der Waals surface area contributed by atoms with E-state index < -0.39 is 26.9 Å². The van der Waals surface area contributed by atoms with E-state index in [9.17, 15) is 17.2 Å². The third-order valence-electron chi connectivity index (χ3n) is 6.08. The average molecular weight is 507 g/mol. The van der Waals surface area contributed by atoms with Crippen LogP contribution in [0.15, 0.2) is 67.4 Å². The Balaban J connectivity index is 1.47. The zero-order valence-corrected chi connectivity index (χ0v) is 19.9. The molecular weight excluding hydrogens is 486 g/mol. The van der Waals surface area contributed by atoms with Crippen molar-refractivity contribution in [1.29, 1.82) is 0 Å². The second-order valence-corrected chi connectivity index (χ2v) is 10.8. The van der Waals surface area contributed by atoms with Gasteiger partial charge in [-0.25, -0.2) is 22.2 Å². The summed E-state index contributed by atoms with van der Waals surface area (Å²) in [4.78, 5) is 8.43. The van der Waals surface area contributed by atoms with Crippen LogP contribution in [0.5, 0.6) is 0 Å². The molecule has 4 heterocycles. The number of nitrogens with zero attached hydrogens (tertiary/aromatic N) is 5. The lowest BCUT2D eigenvalue weighted by Gasteiger charge is -2.13. The first-order valence-corrected chi connectivity index (χ1v) is 12.8. The first-order valence-electron chi connectivity index (χ1n) is 11.2. The van der Waals surface area contributed by atoms with Gasteiger partial charge in [-0.1, -0.05) is 0 Å². The quantitative estimate of drug-likeness (QED) is 0.362. The highest BCUT2D eigenvalue weighted by Gasteiger charge is 2.35. The molecule has 1 aromatic carbocycles. The maximum atomic E-state index is 14.6. The molecule has 0 radical (unpaired) electrons. The second kappa shape index (κ2) is 8.23. The van der Waals surface area contributed by atoms with Crippen molar-refractivity contribution in [1.82, 2.24) is 24.1 Å². The highest BCUT2D eigenvalue weighted by atomic mass is 32.2. The molecule has 0 aliphatic heterocycles. The monoisotopic (exact) mass is 506 g/mol. The maximum absolute atomic E-state index is 14.6. The van der Waals surface area contributed by atoms with Crippen molar-refractivity contribution in [2.45, 2.75) is 18.1 Å². The first-order chi connectivity index (χ1) is 17.3. The molecule has 0 spiro atoms. The summed E-state index contributed by atoms with van der Waals surface area (Å²) in [6.07, 6.45) is 9.31. The molecule has 8 nitrogen and oxygen atoms in total. The van der Waals surface area contributed by atoms with E-state index in [0.29, 0.717) is 35.3 Å². The molecule has 6 rings (SSSR count). The number of benzene rings is 1. The summed E-state index contributed by atoms with van der Waals surface area (Å²) < 4.78 is 59.5. The molecule has 0 amide bonds. The van der Waals surface area contributed by atoms with Gasteiger partial charge in [-0.3, -0.25) is 18.8 Å². The van der Waals surface area contributed by atoms with E-state index in [0.717, 1.165) is 23.4 Å². The Morgan fingerprint density at radius 3 is 2.47 bits per heavy atom. The zero-order chi connectivity index (χ0) is 25.0. The lowest BCUT2D eigenvalue weighted by Crippen LogP contribution is -2.17. The lowest BCUT2D eigenvalue weighted by atomic mass is 10.0. The van der Waals surface area contributed by atoms with Gasteiger partial charge in [0.05, 0.1) is 29.5 Å². The van der Waals surface area contributed by atoms with E-state index in [2.05, 4.69) is 19.8 Å². The van der Waals surface area contributed by atoms with E-state index in [4.69, 9.17) is 0 Å². The molecule has 0 unspecified atom stereocenters. The van der Waals surface area contributed by atoms with Crippen LogP contribution < -0.4 is 4.72 Å². The van der Waals surface area contributed by atoms with Crippen LogP contribution in [0.1, 0.15) is 12.8 Å². The van der Waals surface area contributed by atoms with E-state index >= 15 is 0 Å². The maximum Gasteiger partial charge on any atom is 0.235 e. The molecule has 4 aromatic heterocycles. The largest absolute Gasteiger partial charge is 0.300 e. The minimum absolute atomic E-state index is 0.0854. The normalized spacial score (nSPS) is 13.9. The molecule has 1 saturated carbocycles. The molecule has 11 heteroatoms. The number of sulfonamides is 1. The third-order valence-corrected chi connectivity index (χ3v) is 7.95. The predicted molar refractivity (Wildman–Crippen MR) is 132 cm³/mol. The summed E-state index contributed by atoms with van der Waals surface area (Å²) in [5, 5.41) is 3.77. The average Bonchev–Trinajstić information content (AvgIpc) is 3.49. The fourth-order valence-electron chi connectivity index (χ4n) is 4.17. The molecule has 5 aromatic rings. The summed E-state index contributed by atoms with van der Waals surface area (Å²) >= 11 is 0. The fraction of sp³-hybridized carbons (Fsp3) is 0.160. The van der Waals surface area contributed by atoms with E-state index in [1.165, 1.54) is 6.07 Å². The van der Waals surface area contributed by atoms with E-state index in [1.807, 2.05) is 36.0 Å². The van der Waals surface area contributed by atoms with Gasteiger partial charge in [0.15, 0.2) is 5.82 Å². The van der Waals surface area contributed by atoms with Crippen molar-refractivity contribution in [3.05, 3.63) is 79.0 Å². The zero-order valence-electron chi connectivity index (χ0n) is 19.1. The van der Waals surface area contributed by atoms with Crippen molar-refractivity contribution < 1.29 is 17.2 Å². The summed E-state index contributed by atoms with van der Waals surface area (Å²) in [6.45, 7) is 0. The van der Waals surface area contributed by atoms with Gasteiger partial charge in [-0.05, 0) is 48.7 Å². The second-order valence-electron chi connectivity index (χ2n) is 8.82. The third kappa shape index (κ3) is 4.11. The highest BCUT2D eigenvalue weighted by molar-refractivity contribution is 7.93. The highest BCUT2D eigenvalue weighted by Crippen LogP contribution is 2.35. The van der Waals surface area contributed by atoms with Gasteiger partial charge >= 0.3 is 0 Å². The van der Waals surface area contributed by atoms with Crippen LogP contribution in [-0.2, 0) is 17.1 Å². The Morgan fingerprint density at radius 1 is 0.944 bits per heavy atom. The van der Waals surface area contributed by atoms with E-state index in [-0.39, 0.29) is 11.4 Å². The number of hydrogen-bond acceptors (Lipinski definition) is 5. The van der Waals surface area contributed by atoms with Gasteiger partial charge in [0.2, 0.25) is 10.0 Å². The number of aromatic nitrogens is 5. The molecule has 1 fully saturated rings. The number of hydrogen-bond donors (Lipinski definition) is 1. The standard InChI is InChI=1S/C25H20F2N6O2S/c1-32-14-18(11-30-32)15-4-5-33-23(13-28-24(33)9-15)16-6-17(25-22(27)10-19(26)12-29-25)8-20(7-16)31-36(34,35)21-2-3-21/h4-14,21,31H,2-3H2,1H3. The lowest BCUT2D eigenvalue weighted by molar-refractivity contribution is 0.576. The van der Waals surface area contributed by atoms with Crippen molar-refractivity contribution in [2.24, 2.45) is 7.05 Å². The Kier molecular flexibility index (Phi) is 5.11. The van der Waals surface area contributed by atoms with Gasteiger partial charge in [0.1, 0.15) is 17.2 Å². The number of anilines is 1. The smallest absolute Gasteiger partial charge is 0.235 e. The van der Waals surface area contributed by atoms with Gasteiger partial charge in [0.25, 0.3) is 0 Å². The summed E-state index contributed by atoms with van der Waals surface area (Å²) in [5.74, 6) is -1.64. The summed E-state index contributed by atoms with van der Waals surface area (Å²) in [5.41, 5.74) is 4.30. The molecule has 36 heavy (non-hydrogen) atoms. The van der Waals surface area contributed by atoms with Crippen molar-refractivity contribution in [2.75, 3.05) is 4.72 Å². The molecule has 1 aliphatic rings. The number of aryl methyl sites for hydroxylation is 1. The molecule has 0 atom stereocenters. The number of imidazole rings is 1. The number of rotatable bonds is 6. The Labute approximate surface area is 205 Å². The van der Waals surface area contributed by atoms with Gasteiger partial charge in [0, 0.05) is 47.9 Å². The van der Waals surface area contributed by atoms with Crippen molar-refractivity contribution >= 4 is 21.4 Å². The van der Waals surface area contributed by atoms with Crippen LogP contribution in [0, 0.1) is 11.6 Å². The van der Waals surface area contributed by atoms with E-state index in [1.54, 1.807) is 29.2 Å². The van der Waals surface area contributed by atoms with Crippen LogP contribution in [0.3, 0.4) is 0 Å². The molecule has 0 bridgehead atoms.